The van der Waals surface area contributed by atoms with Gasteiger partial charge < -0.3 is 9.42 Å². The van der Waals surface area contributed by atoms with Gasteiger partial charge in [0, 0.05) is 37.2 Å². The number of hydrogen-bond donors (Lipinski definition) is 0. The molecule has 5 heteroatoms. The fourth-order valence-corrected chi connectivity index (χ4v) is 3.28. The number of nitrogens with zero attached hydrogens (tertiary/aromatic N) is 3. The Morgan fingerprint density at radius 3 is 2.95 bits per heavy atom. The molecule has 2 aliphatic heterocycles. The average molecular weight is 277 g/mol. The van der Waals surface area contributed by atoms with E-state index in [4.69, 9.17) is 4.52 Å². The summed E-state index contributed by atoms with van der Waals surface area (Å²) in [6, 6.07) is 2.57. The molecule has 0 spiro atoms. The molecule has 0 saturated carbocycles. The highest BCUT2D eigenvalue weighted by Crippen LogP contribution is 2.26. The molecular weight excluding hydrogens is 254 g/mol. The minimum Gasteiger partial charge on any atom is -0.360 e. The molecule has 2 fully saturated rings. The Balaban J connectivity index is 1.75. The molecule has 1 aromatic rings. The monoisotopic (exact) mass is 277 g/mol. The normalized spacial score (nSPS) is 27.1. The van der Waals surface area contributed by atoms with E-state index in [0.29, 0.717) is 11.7 Å². The predicted octanol–water partition coefficient (Wildman–Crippen LogP) is 2.11. The van der Waals surface area contributed by atoms with Gasteiger partial charge in [0.15, 0.2) is 5.69 Å². The summed E-state index contributed by atoms with van der Waals surface area (Å²) in [4.78, 5) is 17.1. The van der Waals surface area contributed by atoms with E-state index >= 15 is 0 Å². The number of hydrogen-bond acceptors (Lipinski definition) is 4. The van der Waals surface area contributed by atoms with Crippen LogP contribution in [-0.2, 0) is 0 Å². The van der Waals surface area contributed by atoms with Crippen LogP contribution in [0.1, 0.15) is 55.8 Å². The highest BCUT2D eigenvalue weighted by molar-refractivity contribution is 5.92. The summed E-state index contributed by atoms with van der Waals surface area (Å²) in [5.74, 6) is 1.05. The first-order chi connectivity index (χ1) is 9.56. The lowest BCUT2D eigenvalue weighted by molar-refractivity contribution is 0.0386. The van der Waals surface area contributed by atoms with Crippen LogP contribution in [0.3, 0.4) is 0 Å². The average Bonchev–Trinajstić information content (AvgIpc) is 3.05. The van der Waals surface area contributed by atoms with E-state index in [1.54, 1.807) is 6.07 Å². The Bertz CT molecular complexity index is 497. The highest BCUT2D eigenvalue weighted by Gasteiger charge is 2.37. The maximum atomic E-state index is 12.6. The molecule has 0 aliphatic carbocycles. The van der Waals surface area contributed by atoms with Crippen LogP contribution in [0.4, 0.5) is 0 Å². The minimum atomic E-state index is 0.0136. The quantitative estimate of drug-likeness (QED) is 0.830. The Labute approximate surface area is 119 Å². The molecule has 110 valence electrons. The third-order valence-corrected chi connectivity index (χ3v) is 4.51. The summed E-state index contributed by atoms with van der Waals surface area (Å²) >= 11 is 0. The van der Waals surface area contributed by atoms with Crippen molar-refractivity contribution >= 4 is 5.91 Å². The molecule has 3 heterocycles. The van der Waals surface area contributed by atoms with Crippen LogP contribution in [-0.4, -0.2) is 52.6 Å². The zero-order valence-corrected chi connectivity index (χ0v) is 12.5. The number of piperazine rings is 1. The topological polar surface area (TPSA) is 49.6 Å². The largest absolute Gasteiger partial charge is 0.360 e. The van der Waals surface area contributed by atoms with Crippen LogP contribution >= 0.6 is 0 Å². The van der Waals surface area contributed by atoms with E-state index in [1.807, 2.05) is 18.7 Å². The lowest BCUT2D eigenvalue weighted by Gasteiger charge is -2.41. The van der Waals surface area contributed by atoms with E-state index in [9.17, 15) is 4.79 Å². The number of rotatable bonds is 2. The summed E-state index contributed by atoms with van der Waals surface area (Å²) in [6.45, 7) is 9.17. The number of amides is 1. The van der Waals surface area contributed by atoms with Crippen molar-refractivity contribution in [3.63, 3.8) is 0 Å². The first-order valence-electron chi connectivity index (χ1n) is 7.58. The zero-order chi connectivity index (χ0) is 14.3. The molecule has 20 heavy (non-hydrogen) atoms. The van der Waals surface area contributed by atoms with E-state index in [0.717, 1.165) is 18.8 Å². The van der Waals surface area contributed by atoms with Crippen molar-refractivity contribution in [2.45, 2.75) is 51.6 Å². The maximum Gasteiger partial charge on any atom is 0.276 e. The second-order valence-electron chi connectivity index (χ2n) is 6.37. The molecule has 0 radical (unpaired) electrons. The molecule has 0 unspecified atom stereocenters. The van der Waals surface area contributed by atoms with Gasteiger partial charge in [-0.2, -0.15) is 0 Å². The molecule has 5 nitrogen and oxygen atoms in total. The van der Waals surface area contributed by atoms with Crippen molar-refractivity contribution in [3.8, 4) is 0 Å². The van der Waals surface area contributed by atoms with Crippen LogP contribution in [0.15, 0.2) is 10.6 Å². The molecule has 2 aliphatic rings. The lowest BCUT2D eigenvalue weighted by Crippen LogP contribution is -2.56. The zero-order valence-electron chi connectivity index (χ0n) is 12.5. The van der Waals surface area contributed by atoms with Crippen LogP contribution in [0.5, 0.6) is 0 Å². The lowest BCUT2D eigenvalue weighted by atomic mass is 10.1. The molecule has 0 bridgehead atoms. The standard InChI is InChI=1S/C15H23N3O2/c1-10(2)14-7-13(16-20-14)15(19)18-9-12-5-4-6-17(12)8-11(18)3/h7,10-12H,4-6,8-9H2,1-3H3/t11-,12-/m1/s1. The Kier molecular flexibility index (Phi) is 3.54. The second-order valence-corrected chi connectivity index (χ2v) is 6.37. The molecule has 2 saturated heterocycles. The Morgan fingerprint density at radius 2 is 2.25 bits per heavy atom. The van der Waals surface area contributed by atoms with Gasteiger partial charge in [-0.15, -0.1) is 0 Å². The first kappa shape index (κ1) is 13.6. The van der Waals surface area contributed by atoms with Gasteiger partial charge in [-0.05, 0) is 26.3 Å². The van der Waals surface area contributed by atoms with Gasteiger partial charge in [0.05, 0.1) is 0 Å². The molecule has 0 N–H and O–H groups in total. The fourth-order valence-electron chi connectivity index (χ4n) is 3.28. The van der Waals surface area contributed by atoms with Crippen LogP contribution in [0.25, 0.3) is 0 Å². The number of carbonyl (C=O) groups excluding carboxylic acids is 1. The molecule has 0 aromatic carbocycles. The van der Waals surface area contributed by atoms with Crippen molar-refractivity contribution in [1.82, 2.24) is 15.0 Å². The van der Waals surface area contributed by atoms with Crippen molar-refractivity contribution in [2.75, 3.05) is 19.6 Å². The smallest absolute Gasteiger partial charge is 0.276 e. The molecular formula is C15H23N3O2. The summed E-state index contributed by atoms with van der Waals surface area (Å²) in [5, 5.41) is 3.95. The van der Waals surface area contributed by atoms with Crippen molar-refractivity contribution in [3.05, 3.63) is 17.5 Å². The fraction of sp³-hybridized carbons (Fsp3) is 0.733. The van der Waals surface area contributed by atoms with E-state index in [2.05, 4.69) is 17.0 Å². The van der Waals surface area contributed by atoms with Gasteiger partial charge in [-0.1, -0.05) is 19.0 Å². The third-order valence-electron chi connectivity index (χ3n) is 4.51. The van der Waals surface area contributed by atoms with Crippen molar-refractivity contribution in [1.29, 1.82) is 0 Å². The SMILES string of the molecule is CC(C)c1cc(C(=O)N2C[C@H]3CCCN3C[C@H]2C)no1. The number of carbonyl (C=O) groups is 1. The Hall–Kier alpha value is -1.36. The van der Waals surface area contributed by atoms with Gasteiger partial charge in [0.1, 0.15) is 5.76 Å². The summed E-state index contributed by atoms with van der Waals surface area (Å²) < 4.78 is 5.25. The van der Waals surface area contributed by atoms with Crippen LogP contribution in [0.2, 0.25) is 0 Å². The predicted molar refractivity (Wildman–Crippen MR) is 75.7 cm³/mol. The van der Waals surface area contributed by atoms with E-state index < -0.39 is 0 Å². The summed E-state index contributed by atoms with van der Waals surface area (Å²) in [6.07, 6.45) is 2.45. The molecule has 1 amide bonds. The molecule has 1 aromatic heterocycles. The number of fused-ring (bicyclic) bond motifs is 1. The summed E-state index contributed by atoms with van der Waals surface area (Å²) in [7, 11) is 0. The molecule has 2 atom stereocenters. The first-order valence-corrected chi connectivity index (χ1v) is 7.58. The van der Waals surface area contributed by atoms with Gasteiger partial charge in [-0.25, -0.2) is 0 Å². The Morgan fingerprint density at radius 1 is 1.45 bits per heavy atom. The van der Waals surface area contributed by atoms with E-state index in [-0.39, 0.29) is 17.9 Å². The minimum absolute atomic E-state index is 0.0136. The van der Waals surface area contributed by atoms with Gasteiger partial charge >= 0.3 is 0 Å². The van der Waals surface area contributed by atoms with Crippen molar-refractivity contribution < 1.29 is 9.32 Å². The third kappa shape index (κ3) is 2.35. The van der Waals surface area contributed by atoms with Crippen LogP contribution < -0.4 is 0 Å². The van der Waals surface area contributed by atoms with Gasteiger partial charge in [0.25, 0.3) is 5.91 Å². The van der Waals surface area contributed by atoms with E-state index in [1.165, 1.54) is 19.4 Å². The maximum absolute atomic E-state index is 12.6. The second kappa shape index (κ2) is 5.20. The molecule has 3 rings (SSSR count). The number of aromatic nitrogens is 1. The van der Waals surface area contributed by atoms with Gasteiger partial charge in [-0.3, -0.25) is 9.69 Å². The summed E-state index contributed by atoms with van der Waals surface area (Å²) in [5.41, 5.74) is 0.451. The highest BCUT2D eigenvalue weighted by atomic mass is 16.5. The van der Waals surface area contributed by atoms with Crippen LogP contribution in [0, 0.1) is 0 Å². The van der Waals surface area contributed by atoms with Crippen molar-refractivity contribution in [2.24, 2.45) is 0 Å². The van der Waals surface area contributed by atoms with Gasteiger partial charge in [0.2, 0.25) is 0 Å².